The van der Waals surface area contributed by atoms with Crippen LogP contribution in [0.4, 0.5) is 5.82 Å². The number of nitrogens with two attached hydrogens (primary N) is 1. The van der Waals surface area contributed by atoms with Gasteiger partial charge in [-0.2, -0.15) is 9.78 Å². The number of phenols is 1. The highest BCUT2D eigenvalue weighted by molar-refractivity contribution is 6.10. The average Bonchev–Trinajstić information content (AvgIpc) is 3.12. The normalized spacial score (nSPS) is 14.1. The molecule has 0 unspecified atom stereocenters. The number of allylic oxidation sites excluding steroid dienone is 1. The molecule has 0 saturated heterocycles. The number of aromatic hydroxyl groups is 1. The van der Waals surface area contributed by atoms with E-state index in [-0.39, 0.29) is 23.0 Å². The van der Waals surface area contributed by atoms with Gasteiger partial charge in [-0.15, -0.1) is 0 Å². The Hall–Kier alpha value is -4.20. The van der Waals surface area contributed by atoms with E-state index >= 15 is 0 Å². The molecule has 5 rings (SSSR count). The molecule has 1 aliphatic carbocycles. The maximum Gasteiger partial charge on any atom is 0.257 e. The molecule has 8 nitrogen and oxygen atoms in total. The minimum atomic E-state index is -0.296. The number of nitrogens with zero attached hydrogens (tertiary/aromatic N) is 4. The highest BCUT2D eigenvalue weighted by Gasteiger charge is 2.24. The number of benzene rings is 2. The molecule has 0 radical (unpaired) electrons. The molecule has 1 amide bonds. The van der Waals surface area contributed by atoms with Crippen molar-refractivity contribution in [3.05, 3.63) is 71.3 Å². The molecule has 1 aliphatic rings. The van der Waals surface area contributed by atoms with Crippen molar-refractivity contribution in [3.8, 4) is 5.75 Å². The Morgan fingerprint density at radius 3 is 2.74 bits per heavy atom. The number of nitrogens with one attached hydrogen (secondary N) is 1. The third kappa shape index (κ3) is 4.34. The Balaban J connectivity index is 1.52. The molecule has 0 saturated carbocycles. The summed E-state index contributed by atoms with van der Waals surface area (Å²) >= 11 is 0. The van der Waals surface area contributed by atoms with Crippen molar-refractivity contribution in [2.75, 3.05) is 12.3 Å². The van der Waals surface area contributed by atoms with Gasteiger partial charge in [-0.25, -0.2) is 9.97 Å². The predicted octanol–water partition coefficient (Wildman–Crippen LogP) is 4.37. The zero-order valence-electron chi connectivity index (χ0n) is 18.7. The molecule has 2 heterocycles. The number of para-hydroxylation sites is 2. The van der Waals surface area contributed by atoms with Crippen molar-refractivity contribution < 1.29 is 9.90 Å². The number of anilines is 1. The van der Waals surface area contributed by atoms with Gasteiger partial charge in [0, 0.05) is 6.54 Å². The lowest BCUT2D eigenvalue weighted by Crippen LogP contribution is -2.25. The van der Waals surface area contributed by atoms with Crippen LogP contribution < -0.4 is 11.1 Å². The molecule has 0 atom stereocenters. The highest BCUT2D eigenvalue weighted by Crippen LogP contribution is 2.28. The quantitative estimate of drug-likeness (QED) is 0.295. The van der Waals surface area contributed by atoms with Crippen LogP contribution in [0.3, 0.4) is 0 Å². The number of hydrogen-bond donors (Lipinski definition) is 3. The number of rotatable bonds is 6. The number of carbonyl (C=O) groups excluding carboxylic acids is 1. The van der Waals surface area contributed by atoms with Gasteiger partial charge in [0.1, 0.15) is 22.6 Å². The first-order valence-electron chi connectivity index (χ1n) is 11.5. The Bertz CT molecular complexity index is 1440. The Labute approximate surface area is 196 Å². The summed E-state index contributed by atoms with van der Waals surface area (Å²) < 4.78 is 1.43. The summed E-state index contributed by atoms with van der Waals surface area (Å²) in [5.74, 6) is -0.000827. The van der Waals surface area contributed by atoms with E-state index in [0.717, 1.165) is 19.3 Å². The van der Waals surface area contributed by atoms with E-state index in [9.17, 15) is 9.90 Å². The molecule has 4 aromatic rings. The number of amides is 1. The number of nitrogen functional groups attached to an aromatic ring is 1. The molecule has 34 heavy (non-hydrogen) atoms. The minimum absolute atomic E-state index is 0.133. The molecule has 0 spiro atoms. The predicted molar refractivity (Wildman–Crippen MR) is 134 cm³/mol. The van der Waals surface area contributed by atoms with Gasteiger partial charge in [0.05, 0.1) is 17.2 Å². The monoisotopic (exact) mass is 454 g/mol. The third-order valence-corrected chi connectivity index (χ3v) is 6.01. The van der Waals surface area contributed by atoms with E-state index in [1.165, 1.54) is 23.1 Å². The van der Waals surface area contributed by atoms with Crippen LogP contribution in [0.15, 0.2) is 65.3 Å². The first-order chi connectivity index (χ1) is 16.6. The fraction of sp³-hybridized carbons (Fsp3) is 0.231. The lowest BCUT2D eigenvalue weighted by Gasteiger charge is -2.12. The fourth-order valence-corrected chi connectivity index (χ4v) is 4.27. The summed E-state index contributed by atoms with van der Waals surface area (Å²) in [6.07, 6.45) is 9.32. The first-order valence-corrected chi connectivity index (χ1v) is 11.5. The Morgan fingerprint density at radius 1 is 1.15 bits per heavy atom. The van der Waals surface area contributed by atoms with Crippen LogP contribution in [-0.4, -0.2) is 38.4 Å². The number of carbonyl (C=O) groups is 1. The van der Waals surface area contributed by atoms with Gasteiger partial charge in [-0.1, -0.05) is 35.9 Å². The van der Waals surface area contributed by atoms with Crippen molar-refractivity contribution >= 4 is 40.1 Å². The third-order valence-electron chi connectivity index (χ3n) is 6.01. The summed E-state index contributed by atoms with van der Waals surface area (Å²) in [4.78, 5) is 22.6. The van der Waals surface area contributed by atoms with Gasteiger partial charge in [0.25, 0.3) is 5.91 Å². The largest absolute Gasteiger partial charge is 0.508 e. The van der Waals surface area contributed by atoms with Crippen LogP contribution >= 0.6 is 0 Å². The number of hydrogen-bond acceptors (Lipinski definition) is 6. The summed E-state index contributed by atoms with van der Waals surface area (Å²) in [7, 11) is 0. The number of fused-ring (bicyclic) bond motifs is 2. The molecule has 0 bridgehead atoms. The lowest BCUT2D eigenvalue weighted by molar-refractivity contribution is 0.0956. The summed E-state index contributed by atoms with van der Waals surface area (Å²) in [5.41, 5.74) is 10.9. The van der Waals surface area contributed by atoms with Crippen LogP contribution in [0.2, 0.25) is 0 Å². The van der Waals surface area contributed by atoms with E-state index in [2.05, 4.69) is 16.5 Å². The second-order valence-electron chi connectivity index (χ2n) is 8.41. The van der Waals surface area contributed by atoms with Gasteiger partial charge in [-0.05, 0) is 61.9 Å². The fourth-order valence-electron chi connectivity index (χ4n) is 4.27. The van der Waals surface area contributed by atoms with Gasteiger partial charge < -0.3 is 16.2 Å². The molecule has 2 aromatic carbocycles. The van der Waals surface area contributed by atoms with Crippen LogP contribution in [0.5, 0.6) is 5.75 Å². The van der Waals surface area contributed by atoms with Crippen LogP contribution in [0, 0.1) is 0 Å². The zero-order valence-corrected chi connectivity index (χ0v) is 18.7. The topological polar surface area (TPSA) is 118 Å². The molecule has 2 aromatic heterocycles. The second kappa shape index (κ2) is 9.35. The zero-order chi connectivity index (χ0) is 23.5. The van der Waals surface area contributed by atoms with E-state index in [1.54, 1.807) is 30.5 Å². The van der Waals surface area contributed by atoms with Crippen LogP contribution in [-0.2, 0) is 0 Å². The molecule has 8 heteroatoms. The van der Waals surface area contributed by atoms with E-state index < -0.39 is 0 Å². The minimum Gasteiger partial charge on any atom is -0.508 e. The number of aromatic nitrogens is 3. The summed E-state index contributed by atoms with van der Waals surface area (Å²) in [5, 5.41) is 17.2. The smallest absolute Gasteiger partial charge is 0.257 e. The lowest BCUT2D eigenvalue weighted by atomic mass is 9.97. The van der Waals surface area contributed by atoms with Gasteiger partial charge in [0.15, 0.2) is 5.65 Å². The molecular weight excluding hydrogens is 428 g/mol. The van der Waals surface area contributed by atoms with Crippen molar-refractivity contribution in [1.29, 1.82) is 0 Å². The maximum absolute atomic E-state index is 13.2. The van der Waals surface area contributed by atoms with Crippen LogP contribution in [0.25, 0.3) is 22.2 Å². The Morgan fingerprint density at radius 2 is 1.97 bits per heavy atom. The van der Waals surface area contributed by atoms with Gasteiger partial charge >= 0.3 is 0 Å². The van der Waals surface area contributed by atoms with Crippen molar-refractivity contribution in [1.82, 2.24) is 20.0 Å². The Kier molecular flexibility index (Phi) is 5.95. The first kappa shape index (κ1) is 21.6. The van der Waals surface area contributed by atoms with Gasteiger partial charge in [0.2, 0.25) is 0 Å². The van der Waals surface area contributed by atoms with E-state index in [4.69, 9.17) is 15.7 Å². The average molecular weight is 455 g/mol. The van der Waals surface area contributed by atoms with E-state index in [1.807, 2.05) is 24.3 Å². The number of phenolic OH excluding ortho intramolecular Hbond substituents is 1. The highest BCUT2D eigenvalue weighted by atomic mass is 16.3. The standard InChI is InChI=1S/C26H26N6O2/c27-24-22(26(34)28-14-13-17-7-2-1-3-8-17)23-25(31-21-12-5-4-11-20(21)30-23)32(24)29-16-18-9-6-10-19(33)15-18/h4-7,9-12,15-16,33H,1-3,8,13-14,27H2,(H,28,34). The van der Waals surface area contributed by atoms with Crippen molar-refractivity contribution in [2.45, 2.75) is 32.1 Å². The van der Waals surface area contributed by atoms with E-state index in [0.29, 0.717) is 34.3 Å². The molecule has 0 aliphatic heterocycles. The van der Waals surface area contributed by atoms with Crippen molar-refractivity contribution in [3.63, 3.8) is 0 Å². The summed E-state index contributed by atoms with van der Waals surface area (Å²) in [6.45, 7) is 0.532. The van der Waals surface area contributed by atoms with Gasteiger partial charge in [-0.3, -0.25) is 4.79 Å². The SMILES string of the molecule is Nc1c(C(=O)NCCC2=CCCCC2)c2nc3ccccc3nc2n1N=Cc1cccc(O)c1. The molecule has 172 valence electrons. The molecule has 0 fully saturated rings. The second-order valence-corrected chi connectivity index (χ2v) is 8.41. The van der Waals surface area contributed by atoms with Crippen molar-refractivity contribution in [2.24, 2.45) is 5.10 Å². The molecular formula is C26H26N6O2. The summed E-state index contributed by atoms with van der Waals surface area (Å²) in [6, 6.07) is 14.2. The molecule has 4 N–H and O–H groups in total. The maximum atomic E-state index is 13.2. The van der Waals surface area contributed by atoms with Crippen LogP contribution in [0.1, 0.15) is 48.0 Å².